The number of nitrogens with one attached hydrogen (secondary N) is 1. The molecule has 1 fully saturated rings. The second kappa shape index (κ2) is 8.14. The zero-order chi connectivity index (χ0) is 19.5. The van der Waals surface area contributed by atoms with E-state index in [1.165, 1.54) is 11.3 Å². The van der Waals surface area contributed by atoms with Crippen molar-refractivity contribution in [2.24, 2.45) is 5.92 Å². The van der Waals surface area contributed by atoms with Crippen LogP contribution in [0.3, 0.4) is 0 Å². The van der Waals surface area contributed by atoms with Gasteiger partial charge < -0.3 is 10.2 Å². The Labute approximate surface area is 167 Å². The summed E-state index contributed by atoms with van der Waals surface area (Å²) in [5.74, 6) is 0.835. The van der Waals surface area contributed by atoms with Gasteiger partial charge in [0.2, 0.25) is 11.9 Å². The first-order valence-electron chi connectivity index (χ1n) is 9.77. The van der Waals surface area contributed by atoms with Gasteiger partial charge in [0.05, 0.1) is 11.2 Å². The number of piperidine rings is 1. The second-order valence-corrected chi connectivity index (χ2v) is 7.99. The van der Waals surface area contributed by atoms with E-state index in [9.17, 15) is 9.59 Å². The molecular weight excluding hydrogens is 372 g/mol. The molecule has 1 N–H and O–H groups in total. The molecule has 3 aromatic rings. The van der Waals surface area contributed by atoms with Crippen LogP contribution in [-0.2, 0) is 4.79 Å². The largest absolute Gasteiger partial charge is 0.356 e. The van der Waals surface area contributed by atoms with Crippen LogP contribution in [0.5, 0.6) is 0 Å². The molecule has 3 heterocycles. The number of amides is 1. The first-order valence-corrected chi connectivity index (χ1v) is 10.7. The number of hydrogen-bond donors (Lipinski definition) is 1. The van der Waals surface area contributed by atoms with Crippen LogP contribution in [0.25, 0.3) is 15.9 Å². The van der Waals surface area contributed by atoms with Crippen molar-refractivity contribution in [1.29, 1.82) is 0 Å². The van der Waals surface area contributed by atoms with Crippen molar-refractivity contribution in [3.63, 3.8) is 0 Å². The first kappa shape index (κ1) is 18.7. The maximum absolute atomic E-state index is 13.2. The highest BCUT2D eigenvalue weighted by Gasteiger charge is 2.27. The van der Waals surface area contributed by atoms with Gasteiger partial charge in [-0.3, -0.25) is 9.59 Å². The minimum Gasteiger partial charge on any atom is -0.356 e. The molecule has 7 heteroatoms. The van der Waals surface area contributed by atoms with Gasteiger partial charge in [0.25, 0.3) is 5.56 Å². The summed E-state index contributed by atoms with van der Waals surface area (Å²) in [6.45, 7) is 4.19. The summed E-state index contributed by atoms with van der Waals surface area (Å²) >= 11 is 1.42. The maximum Gasteiger partial charge on any atom is 0.277 e. The fourth-order valence-corrected chi connectivity index (χ4v) is 4.42. The van der Waals surface area contributed by atoms with Gasteiger partial charge in [0.15, 0.2) is 0 Å². The zero-order valence-corrected chi connectivity index (χ0v) is 16.7. The Hall–Kier alpha value is -2.67. The minimum atomic E-state index is -0.0380. The number of aromatic nitrogens is 2. The molecule has 0 radical (unpaired) electrons. The lowest BCUT2D eigenvalue weighted by Gasteiger charge is -2.33. The topological polar surface area (TPSA) is 67.2 Å². The van der Waals surface area contributed by atoms with E-state index in [-0.39, 0.29) is 17.4 Å². The van der Waals surface area contributed by atoms with Gasteiger partial charge in [-0.25, -0.2) is 9.55 Å². The van der Waals surface area contributed by atoms with Gasteiger partial charge in [0, 0.05) is 25.6 Å². The van der Waals surface area contributed by atoms with Crippen molar-refractivity contribution in [3.05, 3.63) is 52.1 Å². The van der Waals surface area contributed by atoms with Crippen LogP contribution in [0.4, 0.5) is 5.95 Å². The van der Waals surface area contributed by atoms with E-state index in [0.717, 1.165) is 37.0 Å². The number of fused-ring (bicyclic) bond motifs is 1. The summed E-state index contributed by atoms with van der Waals surface area (Å²) in [7, 11) is 0. The third-order valence-corrected chi connectivity index (χ3v) is 6.07. The Balaban J connectivity index is 1.66. The molecule has 0 aliphatic carbocycles. The number of benzene rings is 1. The van der Waals surface area contributed by atoms with Crippen molar-refractivity contribution >= 4 is 33.4 Å². The van der Waals surface area contributed by atoms with E-state index < -0.39 is 0 Å². The number of hydrogen-bond acceptors (Lipinski definition) is 5. The lowest BCUT2D eigenvalue weighted by molar-refractivity contribution is -0.125. The SMILES string of the molecule is CCCNC(=O)C1CCN(c2nc3ccsc3c(=O)n2-c2ccccc2)CC1. The van der Waals surface area contributed by atoms with Crippen LogP contribution in [0.15, 0.2) is 46.6 Å². The molecule has 0 atom stereocenters. The summed E-state index contributed by atoms with van der Waals surface area (Å²) in [5, 5.41) is 4.90. The average molecular weight is 397 g/mol. The van der Waals surface area contributed by atoms with Gasteiger partial charge in [-0.05, 0) is 42.8 Å². The molecule has 4 rings (SSSR count). The Morgan fingerprint density at radius 1 is 1.21 bits per heavy atom. The van der Waals surface area contributed by atoms with Gasteiger partial charge in [-0.1, -0.05) is 25.1 Å². The standard InChI is InChI=1S/C21H24N4O2S/c1-2-11-22-19(26)15-8-12-24(13-9-15)21-23-17-10-14-28-18(17)20(27)25(21)16-6-4-3-5-7-16/h3-7,10,14-15H,2,8-9,11-13H2,1H3,(H,22,26). The van der Waals surface area contributed by atoms with E-state index in [0.29, 0.717) is 23.7 Å². The smallest absolute Gasteiger partial charge is 0.277 e. The normalized spacial score (nSPS) is 15.1. The molecule has 1 aliphatic rings. The highest BCUT2D eigenvalue weighted by molar-refractivity contribution is 7.17. The van der Waals surface area contributed by atoms with Crippen LogP contribution in [-0.4, -0.2) is 35.1 Å². The minimum absolute atomic E-state index is 0.0320. The summed E-state index contributed by atoms with van der Waals surface area (Å²) in [4.78, 5) is 32.4. The first-order chi connectivity index (χ1) is 13.7. The highest BCUT2D eigenvalue weighted by Crippen LogP contribution is 2.26. The van der Waals surface area contributed by atoms with E-state index >= 15 is 0 Å². The van der Waals surface area contributed by atoms with Crippen LogP contribution in [0.1, 0.15) is 26.2 Å². The zero-order valence-electron chi connectivity index (χ0n) is 15.9. The molecule has 28 heavy (non-hydrogen) atoms. The monoisotopic (exact) mass is 396 g/mol. The van der Waals surface area contributed by atoms with Crippen molar-refractivity contribution < 1.29 is 4.79 Å². The Kier molecular flexibility index (Phi) is 5.43. The summed E-state index contributed by atoms with van der Waals surface area (Å²) in [5.41, 5.74) is 1.51. The molecule has 0 spiro atoms. The Bertz CT molecular complexity index is 1020. The van der Waals surface area contributed by atoms with Crippen molar-refractivity contribution in [1.82, 2.24) is 14.9 Å². The Morgan fingerprint density at radius 2 is 1.96 bits per heavy atom. The number of rotatable bonds is 5. The maximum atomic E-state index is 13.2. The molecule has 1 aliphatic heterocycles. The highest BCUT2D eigenvalue weighted by atomic mass is 32.1. The summed E-state index contributed by atoms with van der Waals surface area (Å²) in [6.07, 6.45) is 2.47. The fraction of sp³-hybridized carbons (Fsp3) is 0.381. The number of nitrogens with zero attached hydrogens (tertiary/aromatic N) is 3. The molecule has 146 valence electrons. The van der Waals surface area contributed by atoms with Gasteiger partial charge >= 0.3 is 0 Å². The van der Waals surface area contributed by atoms with Gasteiger partial charge in [-0.2, -0.15) is 0 Å². The second-order valence-electron chi connectivity index (χ2n) is 7.08. The molecule has 1 aromatic carbocycles. The van der Waals surface area contributed by atoms with Gasteiger partial charge in [-0.15, -0.1) is 11.3 Å². The van der Waals surface area contributed by atoms with Crippen LogP contribution < -0.4 is 15.8 Å². The van der Waals surface area contributed by atoms with E-state index in [1.54, 1.807) is 4.57 Å². The third kappa shape index (κ3) is 3.54. The number of anilines is 1. The van der Waals surface area contributed by atoms with E-state index in [1.807, 2.05) is 41.8 Å². The molecular formula is C21H24N4O2S. The predicted molar refractivity (Wildman–Crippen MR) is 113 cm³/mol. The number of thiophene rings is 1. The average Bonchev–Trinajstić information content (AvgIpc) is 3.22. The third-order valence-electron chi connectivity index (χ3n) is 5.17. The van der Waals surface area contributed by atoms with E-state index in [4.69, 9.17) is 4.98 Å². The number of carbonyl (C=O) groups excluding carboxylic acids is 1. The fourth-order valence-electron chi connectivity index (χ4n) is 3.66. The van der Waals surface area contributed by atoms with E-state index in [2.05, 4.69) is 17.1 Å². The lowest BCUT2D eigenvalue weighted by atomic mass is 9.96. The molecule has 1 saturated heterocycles. The molecule has 6 nitrogen and oxygen atoms in total. The van der Waals surface area contributed by atoms with Crippen LogP contribution in [0.2, 0.25) is 0 Å². The molecule has 0 bridgehead atoms. The Morgan fingerprint density at radius 3 is 2.68 bits per heavy atom. The van der Waals surface area contributed by atoms with Gasteiger partial charge in [0.1, 0.15) is 4.70 Å². The van der Waals surface area contributed by atoms with Crippen LogP contribution >= 0.6 is 11.3 Å². The van der Waals surface area contributed by atoms with Crippen molar-refractivity contribution in [2.75, 3.05) is 24.5 Å². The quantitative estimate of drug-likeness (QED) is 0.719. The van der Waals surface area contributed by atoms with Crippen molar-refractivity contribution in [2.45, 2.75) is 26.2 Å². The van der Waals surface area contributed by atoms with Crippen molar-refractivity contribution in [3.8, 4) is 5.69 Å². The lowest BCUT2D eigenvalue weighted by Crippen LogP contribution is -2.42. The molecule has 2 aromatic heterocycles. The number of carbonyl (C=O) groups is 1. The number of para-hydroxylation sites is 1. The summed E-state index contributed by atoms with van der Waals surface area (Å²) < 4.78 is 2.37. The molecule has 0 saturated carbocycles. The molecule has 1 amide bonds. The predicted octanol–water partition coefficient (Wildman–Crippen LogP) is 3.19. The molecule has 0 unspecified atom stereocenters. The summed E-state index contributed by atoms with van der Waals surface area (Å²) in [6, 6.07) is 11.5. The van der Waals surface area contributed by atoms with Crippen LogP contribution in [0, 0.1) is 5.92 Å².